The monoisotopic (exact) mass is 261 g/mol. The number of nitrogens with one attached hydrogen (secondary N) is 1. The first-order valence-electron chi connectivity index (χ1n) is 5.99. The number of hydrogen-bond acceptors (Lipinski definition) is 5. The van der Waals surface area contributed by atoms with E-state index in [1.807, 2.05) is 13.8 Å². The van der Waals surface area contributed by atoms with E-state index in [-0.39, 0.29) is 12.5 Å². The third-order valence-electron chi connectivity index (χ3n) is 2.40. The maximum atomic E-state index is 12.0. The van der Waals surface area contributed by atoms with Gasteiger partial charge in [-0.05, 0) is 26.0 Å². The van der Waals surface area contributed by atoms with E-state index in [1.165, 1.54) is 0 Å². The van der Waals surface area contributed by atoms with E-state index in [4.69, 9.17) is 9.26 Å². The maximum Gasteiger partial charge on any atom is 0.257 e. The standard InChI is InChI=1S/C13H15N3O3/c1-3-18-13-11(5-4-6-14-13)12(17)15-8-10-7-9(2)16-19-10/h4-7H,3,8H2,1-2H3,(H,15,17). The van der Waals surface area contributed by atoms with Crippen LogP contribution in [0.4, 0.5) is 0 Å². The summed E-state index contributed by atoms with van der Waals surface area (Å²) in [4.78, 5) is 16.1. The van der Waals surface area contributed by atoms with Crippen LogP contribution in [0.15, 0.2) is 28.9 Å². The summed E-state index contributed by atoms with van der Waals surface area (Å²) in [6.07, 6.45) is 1.58. The summed E-state index contributed by atoms with van der Waals surface area (Å²) in [5, 5.41) is 6.49. The van der Waals surface area contributed by atoms with Gasteiger partial charge in [-0.3, -0.25) is 4.79 Å². The molecule has 6 nitrogen and oxygen atoms in total. The lowest BCUT2D eigenvalue weighted by Gasteiger charge is -2.08. The number of carbonyl (C=O) groups excluding carboxylic acids is 1. The fraction of sp³-hybridized carbons (Fsp3) is 0.308. The molecule has 100 valence electrons. The minimum Gasteiger partial charge on any atom is -0.477 e. The molecular formula is C13H15N3O3. The van der Waals surface area contributed by atoms with Gasteiger partial charge in [0.1, 0.15) is 5.56 Å². The summed E-state index contributed by atoms with van der Waals surface area (Å²) in [6.45, 7) is 4.40. The van der Waals surface area contributed by atoms with Crippen LogP contribution in [0.3, 0.4) is 0 Å². The Balaban J connectivity index is 2.03. The molecule has 0 aliphatic carbocycles. The van der Waals surface area contributed by atoms with Crippen LogP contribution in [0.2, 0.25) is 0 Å². The van der Waals surface area contributed by atoms with Crippen molar-refractivity contribution in [1.29, 1.82) is 0 Å². The molecule has 0 radical (unpaired) electrons. The van der Waals surface area contributed by atoms with Crippen molar-refractivity contribution < 1.29 is 14.1 Å². The third kappa shape index (κ3) is 3.31. The topological polar surface area (TPSA) is 77.2 Å². The van der Waals surface area contributed by atoms with Crippen molar-refractivity contribution in [3.63, 3.8) is 0 Å². The lowest BCUT2D eigenvalue weighted by Crippen LogP contribution is -2.23. The number of aromatic nitrogens is 2. The van der Waals surface area contributed by atoms with Gasteiger partial charge in [0.15, 0.2) is 5.76 Å². The number of nitrogens with zero attached hydrogens (tertiary/aromatic N) is 2. The highest BCUT2D eigenvalue weighted by Gasteiger charge is 2.13. The van der Waals surface area contributed by atoms with Gasteiger partial charge in [0.05, 0.1) is 18.8 Å². The van der Waals surface area contributed by atoms with E-state index in [0.717, 1.165) is 5.69 Å². The number of pyridine rings is 1. The average Bonchev–Trinajstić information content (AvgIpc) is 2.83. The van der Waals surface area contributed by atoms with Crippen LogP contribution in [0.25, 0.3) is 0 Å². The number of carbonyl (C=O) groups is 1. The van der Waals surface area contributed by atoms with Crippen LogP contribution in [0, 0.1) is 6.92 Å². The van der Waals surface area contributed by atoms with Gasteiger partial charge < -0.3 is 14.6 Å². The first-order valence-corrected chi connectivity index (χ1v) is 5.99. The van der Waals surface area contributed by atoms with Crippen LogP contribution in [0.5, 0.6) is 5.88 Å². The number of aryl methyl sites for hydroxylation is 1. The maximum absolute atomic E-state index is 12.0. The molecular weight excluding hydrogens is 246 g/mol. The van der Waals surface area contributed by atoms with Crippen molar-refractivity contribution in [3.8, 4) is 5.88 Å². The Hall–Kier alpha value is -2.37. The van der Waals surface area contributed by atoms with Gasteiger partial charge in [-0.15, -0.1) is 0 Å². The van der Waals surface area contributed by atoms with Crippen molar-refractivity contribution >= 4 is 5.91 Å². The fourth-order valence-corrected chi connectivity index (χ4v) is 1.58. The van der Waals surface area contributed by atoms with Crippen molar-refractivity contribution in [2.45, 2.75) is 20.4 Å². The normalized spacial score (nSPS) is 10.2. The molecule has 19 heavy (non-hydrogen) atoms. The van der Waals surface area contributed by atoms with Crippen molar-refractivity contribution in [2.75, 3.05) is 6.61 Å². The van der Waals surface area contributed by atoms with Gasteiger partial charge in [0.25, 0.3) is 5.91 Å². The van der Waals surface area contributed by atoms with Crippen LogP contribution < -0.4 is 10.1 Å². The average molecular weight is 261 g/mol. The molecule has 0 aliphatic heterocycles. The van der Waals surface area contributed by atoms with Crippen molar-refractivity contribution in [3.05, 3.63) is 41.4 Å². The number of ether oxygens (including phenoxy) is 1. The Morgan fingerprint density at radius 1 is 1.53 bits per heavy atom. The van der Waals surface area contributed by atoms with E-state index < -0.39 is 0 Å². The highest BCUT2D eigenvalue weighted by atomic mass is 16.5. The van der Waals surface area contributed by atoms with Crippen LogP contribution in [-0.2, 0) is 6.54 Å². The van der Waals surface area contributed by atoms with Crippen molar-refractivity contribution in [2.24, 2.45) is 0 Å². The van der Waals surface area contributed by atoms with Crippen molar-refractivity contribution in [1.82, 2.24) is 15.5 Å². The number of hydrogen-bond donors (Lipinski definition) is 1. The minimum absolute atomic E-state index is 0.259. The SMILES string of the molecule is CCOc1ncccc1C(=O)NCc1cc(C)no1. The molecule has 2 rings (SSSR count). The second-order valence-corrected chi connectivity index (χ2v) is 3.91. The number of amides is 1. The second-order valence-electron chi connectivity index (χ2n) is 3.91. The molecule has 0 unspecified atom stereocenters. The molecule has 1 amide bonds. The third-order valence-corrected chi connectivity index (χ3v) is 2.40. The molecule has 0 spiro atoms. The van der Waals surface area contributed by atoms with Crippen LogP contribution in [-0.4, -0.2) is 22.7 Å². The number of rotatable bonds is 5. The molecule has 0 aromatic carbocycles. The Morgan fingerprint density at radius 2 is 2.37 bits per heavy atom. The molecule has 0 bridgehead atoms. The molecule has 0 saturated heterocycles. The Labute approximate surface area is 110 Å². The molecule has 2 aromatic heterocycles. The van der Waals surface area contributed by atoms with E-state index in [0.29, 0.717) is 23.8 Å². The summed E-state index contributed by atoms with van der Waals surface area (Å²) in [5.74, 6) is 0.676. The predicted octanol–water partition coefficient (Wildman–Crippen LogP) is 1.71. The van der Waals surface area contributed by atoms with E-state index in [1.54, 1.807) is 24.4 Å². The van der Waals surface area contributed by atoms with E-state index in [9.17, 15) is 4.79 Å². The molecule has 0 atom stereocenters. The van der Waals surface area contributed by atoms with Gasteiger partial charge in [0, 0.05) is 12.3 Å². The molecule has 1 N–H and O–H groups in total. The molecule has 2 aromatic rings. The van der Waals surface area contributed by atoms with Gasteiger partial charge in [-0.1, -0.05) is 5.16 Å². The summed E-state index contributed by atoms with van der Waals surface area (Å²) >= 11 is 0. The molecule has 0 aliphatic rings. The molecule has 0 fully saturated rings. The zero-order valence-corrected chi connectivity index (χ0v) is 10.8. The lowest BCUT2D eigenvalue weighted by atomic mass is 10.2. The highest BCUT2D eigenvalue weighted by molar-refractivity contribution is 5.96. The Morgan fingerprint density at radius 3 is 3.05 bits per heavy atom. The van der Waals surface area contributed by atoms with Gasteiger partial charge in [-0.2, -0.15) is 0 Å². The summed E-state index contributed by atoms with van der Waals surface area (Å²) in [5.41, 5.74) is 1.18. The summed E-state index contributed by atoms with van der Waals surface area (Å²) in [7, 11) is 0. The van der Waals surface area contributed by atoms with Crippen LogP contribution >= 0.6 is 0 Å². The van der Waals surface area contributed by atoms with Gasteiger partial charge >= 0.3 is 0 Å². The van der Waals surface area contributed by atoms with Gasteiger partial charge in [-0.25, -0.2) is 4.98 Å². The fourth-order valence-electron chi connectivity index (χ4n) is 1.58. The zero-order valence-electron chi connectivity index (χ0n) is 10.8. The van der Waals surface area contributed by atoms with Crippen LogP contribution in [0.1, 0.15) is 28.7 Å². The van der Waals surface area contributed by atoms with E-state index >= 15 is 0 Å². The first-order chi connectivity index (χ1) is 9.20. The summed E-state index contributed by atoms with van der Waals surface area (Å²) in [6, 6.07) is 5.13. The Bertz CT molecular complexity index is 566. The minimum atomic E-state index is -0.259. The smallest absolute Gasteiger partial charge is 0.257 e. The zero-order chi connectivity index (χ0) is 13.7. The van der Waals surface area contributed by atoms with Gasteiger partial charge in [0.2, 0.25) is 5.88 Å². The first kappa shape index (κ1) is 13.1. The quantitative estimate of drug-likeness (QED) is 0.886. The summed E-state index contributed by atoms with van der Waals surface area (Å²) < 4.78 is 10.3. The second kappa shape index (κ2) is 5.99. The largest absolute Gasteiger partial charge is 0.477 e. The molecule has 2 heterocycles. The predicted molar refractivity (Wildman–Crippen MR) is 67.8 cm³/mol. The van der Waals surface area contributed by atoms with E-state index in [2.05, 4.69) is 15.5 Å². The lowest BCUT2D eigenvalue weighted by molar-refractivity contribution is 0.0942. The highest BCUT2D eigenvalue weighted by Crippen LogP contribution is 2.14. The molecule has 0 saturated carbocycles. The Kier molecular flexibility index (Phi) is 4.12. The molecule has 6 heteroatoms.